The minimum Gasteiger partial charge on any atom is -0.487 e. The Hall–Kier alpha value is -2.85. The Balaban J connectivity index is 1.95. The van der Waals surface area contributed by atoms with Crippen LogP contribution in [0.25, 0.3) is 11.3 Å². The molecule has 0 aromatic carbocycles. The van der Waals surface area contributed by atoms with Gasteiger partial charge in [-0.15, -0.1) is 11.8 Å². The van der Waals surface area contributed by atoms with Gasteiger partial charge in [-0.25, -0.2) is 4.98 Å². The van der Waals surface area contributed by atoms with Crippen molar-refractivity contribution in [2.24, 2.45) is 5.92 Å². The Labute approximate surface area is 173 Å². The molecular weight excluding hydrogens is 390 g/mol. The maximum Gasteiger partial charge on any atom is 0.143 e. The summed E-state index contributed by atoms with van der Waals surface area (Å²) in [6.45, 7) is 3.75. The summed E-state index contributed by atoms with van der Waals surface area (Å²) < 4.78 is 16.0. The molecule has 0 bridgehead atoms. The predicted molar refractivity (Wildman–Crippen MR) is 108 cm³/mol. The van der Waals surface area contributed by atoms with E-state index in [-0.39, 0.29) is 17.5 Å². The van der Waals surface area contributed by atoms with Crippen LogP contribution in [0, 0.1) is 28.6 Å². The highest BCUT2D eigenvalue weighted by Gasteiger charge is 2.24. The van der Waals surface area contributed by atoms with Gasteiger partial charge in [-0.3, -0.25) is 4.98 Å². The standard InChI is InChI=1S/C20H21N5O3S/c1-12(8-26-2)28-14-3-4-17(24-7-14)18-15(5-21)19(23)25-20(16(18)6-22)29-11-13-9-27-10-13/h3-4,7,12-13H,8-11H2,1-2H3,(H2,23,25)/t12-/m0/s1. The Morgan fingerprint density at radius 2 is 2.07 bits per heavy atom. The third kappa shape index (κ3) is 4.77. The molecule has 2 N–H and O–H groups in total. The summed E-state index contributed by atoms with van der Waals surface area (Å²) in [4.78, 5) is 8.70. The summed E-state index contributed by atoms with van der Waals surface area (Å²) >= 11 is 1.45. The molecule has 0 unspecified atom stereocenters. The fraction of sp³-hybridized carbons (Fsp3) is 0.400. The van der Waals surface area contributed by atoms with E-state index < -0.39 is 0 Å². The molecule has 1 atom stereocenters. The molecular formula is C20H21N5O3S. The number of pyridine rings is 2. The zero-order chi connectivity index (χ0) is 20.8. The molecule has 2 aromatic rings. The maximum absolute atomic E-state index is 9.80. The monoisotopic (exact) mass is 411 g/mol. The highest BCUT2D eigenvalue weighted by molar-refractivity contribution is 7.99. The van der Waals surface area contributed by atoms with Gasteiger partial charge in [-0.05, 0) is 19.1 Å². The van der Waals surface area contributed by atoms with Crippen LogP contribution in [-0.4, -0.2) is 48.8 Å². The highest BCUT2D eigenvalue weighted by atomic mass is 32.2. The van der Waals surface area contributed by atoms with Gasteiger partial charge in [0.05, 0.1) is 37.3 Å². The van der Waals surface area contributed by atoms with Crippen LogP contribution in [0.1, 0.15) is 18.1 Å². The molecule has 0 amide bonds. The van der Waals surface area contributed by atoms with E-state index in [0.29, 0.717) is 53.3 Å². The van der Waals surface area contributed by atoms with Crippen LogP contribution in [-0.2, 0) is 9.47 Å². The largest absolute Gasteiger partial charge is 0.487 e. The number of nitrogens with two attached hydrogens (primary N) is 1. The second-order valence-corrected chi connectivity index (χ2v) is 7.64. The number of aromatic nitrogens is 2. The SMILES string of the molecule is COC[C@H](C)Oc1ccc(-c2c(C#N)c(N)nc(SCC3COC3)c2C#N)nc1. The Bertz CT molecular complexity index is 949. The van der Waals surface area contributed by atoms with Gasteiger partial charge in [0.2, 0.25) is 0 Å². The molecule has 8 nitrogen and oxygen atoms in total. The zero-order valence-corrected chi connectivity index (χ0v) is 17.0. The Kier molecular flexibility index (Phi) is 6.89. The number of nitrogens with zero attached hydrogens (tertiary/aromatic N) is 4. The van der Waals surface area contributed by atoms with E-state index in [1.807, 2.05) is 6.92 Å². The third-order valence-corrected chi connectivity index (χ3v) is 5.52. The lowest BCUT2D eigenvalue weighted by Gasteiger charge is -2.25. The summed E-state index contributed by atoms with van der Waals surface area (Å²) in [6.07, 6.45) is 1.42. The van der Waals surface area contributed by atoms with Crippen molar-refractivity contribution in [1.82, 2.24) is 9.97 Å². The first-order valence-electron chi connectivity index (χ1n) is 9.03. The van der Waals surface area contributed by atoms with Gasteiger partial charge in [-0.2, -0.15) is 10.5 Å². The molecule has 1 aliphatic heterocycles. The average Bonchev–Trinajstić information content (AvgIpc) is 2.67. The van der Waals surface area contributed by atoms with E-state index in [1.165, 1.54) is 11.8 Å². The Morgan fingerprint density at radius 1 is 1.31 bits per heavy atom. The van der Waals surface area contributed by atoms with Gasteiger partial charge in [0, 0.05) is 24.3 Å². The summed E-state index contributed by atoms with van der Waals surface area (Å²) in [7, 11) is 1.61. The van der Waals surface area contributed by atoms with Crippen molar-refractivity contribution in [1.29, 1.82) is 10.5 Å². The number of nitrogen functional groups attached to an aromatic ring is 1. The lowest BCUT2D eigenvalue weighted by atomic mass is 10.0. The number of thioether (sulfide) groups is 1. The molecule has 9 heteroatoms. The van der Waals surface area contributed by atoms with Crippen molar-refractivity contribution in [3.05, 3.63) is 29.5 Å². The number of hydrogen-bond acceptors (Lipinski definition) is 9. The van der Waals surface area contributed by atoms with Gasteiger partial charge in [0.25, 0.3) is 0 Å². The lowest BCUT2D eigenvalue weighted by Crippen LogP contribution is -2.29. The second-order valence-electron chi connectivity index (χ2n) is 6.63. The smallest absolute Gasteiger partial charge is 0.143 e. The van der Waals surface area contributed by atoms with Gasteiger partial charge in [-0.1, -0.05) is 0 Å². The first-order chi connectivity index (χ1) is 14.1. The summed E-state index contributed by atoms with van der Waals surface area (Å²) in [5.74, 6) is 1.85. The topological polar surface area (TPSA) is 127 Å². The summed E-state index contributed by atoms with van der Waals surface area (Å²) in [5, 5.41) is 19.9. The van der Waals surface area contributed by atoms with Crippen molar-refractivity contribution in [3.8, 4) is 29.1 Å². The van der Waals surface area contributed by atoms with Crippen LogP contribution in [0.2, 0.25) is 0 Å². The van der Waals surface area contributed by atoms with Crippen molar-refractivity contribution < 1.29 is 14.2 Å². The molecule has 0 aliphatic carbocycles. The number of nitriles is 2. The molecule has 1 saturated heterocycles. The van der Waals surface area contributed by atoms with Crippen LogP contribution < -0.4 is 10.5 Å². The molecule has 0 spiro atoms. The highest BCUT2D eigenvalue weighted by Crippen LogP contribution is 2.36. The molecule has 3 heterocycles. The first-order valence-corrected chi connectivity index (χ1v) is 10.0. The first kappa shape index (κ1) is 20.9. The molecule has 29 heavy (non-hydrogen) atoms. The van der Waals surface area contributed by atoms with Crippen LogP contribution in [0.5, 0.6) is 5.75 Å². The average molecular weight is 411 g/mol. The van der Waals surface area contributed by atoms with E-state index in [2.05, 4.69) is 22.1 Å². The molecule has 150 valence electrons. The maximum atomic E-state index is 9.80. The third-order valence-electron chi connectivity index (χ3n) is 4.31. The van der Waals surface area contributed by atoms with Gasteiger partial charge in [0.15, 0.2) is 0 Å². The van der Waals surface area contributed by atoms with Crippen LogP contribution in [0.4, 0.5) is 5.82 Å². The van der Waals surface area contributed by atoms with Crippen LogP contribution in [0.15, 0.2) is 23.4 Å². The Morgan fingerprint density at radius 3 is 2.62 bits per heavy atom. The normalized spacial score (nSPS) is 14.5. The fourth-order valence-electron chi connectivity index (χ4n) is 2.84. The lowest BCUT2D eigenvalue weighted by molar-refractivity contribution is -0.0196. The summed E-state index contributed by atoms with van der Waals surface area (Å²) in [5.41, 5.74) is 7.33. The second kappa shape index (κ2) is 9.57. The van der Waals surface area contributed by atoms with E-state index in [9.17, 15) is 10.5 Å². The number of ether oxygens (including phenoxy) is 3. The predicted octanol–water partition coefficient (Wildman–Crippen LogP) is 2.62. The van der Waals surface area contributed by atoms with Crippen molar-refractivity contribution in [2.75, 3.05) is 38.4 Å². The minimum atomic E-state index is -0.132. The van der Waals surface area contributed by atoms with Gasteiger partial charge < -0.3 is 19.9 Å². The number of anilines is 1. The van der Waals surface area contributed by atoms with E-state index >= 15 is 0 Å². The van der Waals surface area contributed by atoms with E-state index in [4.69, 9.17) is 19.9 Å². The van der Waals surface area contributed by atoms with Gasteiger partial charge in [0.1, 0.15) is 40.4 Å². The number of hydrogen-bond donors (Lipinski definition) is 1. The van der Waals surface area contributed by atoms with Crippen LogP contribution >= 0.6 is 11.8 Å². The van der Waals surface area contributed by atoms with Crippen molar-refractivity contribution in [2.45, 2.75) is 18.1 Å². The number of rotatable bonds is 8. The fourth-order valence-corrected chi connectivity index (χ4v) is 3.88. The van der Waals surface area contributed by atoms with E-state index in [0.717, 1.165) is 5.75 Å². The van der Waals surface area contributed by atoms with Crippen LogP contribution in [0.3, 0.4) is 0 Å². The number of methoxy groups -OCH3 is 1. The molecule has 0 radical (unpaired) electrons. The molecule has 2 aromatic heterocycles. The molecule has 1 fully saturated rings. The van der Waals surface area contributed by atoms with E-state index in [1.54, 1.807) is 25.4 Å². The van der Waals surface area contributed by atoms with Crippen molar-refractivity contribution >= 4 is 17.6 Å². The van der Waals surface area contributed by atoms with Gasteiger partial charge >= 0.3 is 0 Å². The molecule has 1 aliphatic rings. The molecule has 3 rings (SSSR count). The minimum absolute atomic E-state index is 0.0877. The zero-order valence-electron chi connectivity index (χ0n) is 16.2. The van der Waals surface area contributed by atoms with Crippen molar-refractivity contribution in [3.63, 3.8) is 0 Å². The quantitative estimate of drug-likeness (QED) is 0.652. The summed E-state index contributed by atoms with van der Waals surface area (Å²) in [6, 6.07) is 7.69. The molecule has 0 saturated carbocycles.